The van der Waals surface area contributed by atoms with E-state index in [0.29, 0.717) is 18.4 Å². The number of hydrogen-bond acceptors (Lipinski definition) is 9. The summed E-state index contributed by atoms with van der Waals surface area (Å²) in [6, 6.07) is 4.63. The molecule has 0 aliphatic heterocycles. The first-order chi connectivity index (χ1) is 15.9. The molecule has 0 fully saturated rings. The molecule has 0 amide bonds. The molecule has 1 rings (SSSR count). The summed E-state index contributed by atoms with van der Waals surface area (Å²) in [5, 5.41) is 0. The Morgan fingerprint density at radius 3 is 2.00 bits per heavy atom. The van der Waals surface area contributed by atoms with Gasteiger partial charge in [-0.15, -0.1) is 0 Å². The van der Waals surface area contributed by atoms with Gasteiger partial charge in [0.05, 0.1) is 13.0 Å². The highest BCUT2D eigenvalue weighted by atomic mass is 16.6. The van der Waals surface area contributed by atoms with E-state index in [0.717, 1.165) is 0 Å². The number of nitrogens with two attached hydrogens (primary N) is 1. The standard InChI is InChI=1S/C25H37NO8/c1-7-9-21(27)33-19-12-11-18(13-20(19)34-22(28)10-8-2)15-25(26,24(30)31-6)14-17(5)32-23(29)16(3)4/h11-13,16-17H,7-10,14-15,26H2,1-6H3/t17-,25?/m0/s1. The van der Waals surface area contributed by atoms with Crippen molar-refractivity contribution >= 4 is 23.9 Å². The SMILES string of the molecule is CCCC(=O)Oc1ccc(CC(N)(C[C@H](C)OC(=O)C(C)C)C(=O)OC)cc1OC(=O)CCC. The predicted molar refractivity (Wildman–Crippen MR) is 125 cm³/mol. The number of methoxy groups -OCH3 is 1. The molecule has 0 aliphatic carbocycles. The second-order valence-electron chi connectivity index (χ2n) is 8.66. The molecule has 34 heavy (non-hydrogen) atoms. The van der Waals surface area contributed by atoms with E-state index in [4.69, 9.17) is 24.7 Å². The van der Waals surface area contributed by atoms with Gasteiger partial charge >= 0.3 is 23.9 Å². The molecule has 0 bridgehead atoms. The van der Waals surface area contributed by atoms with Crippen molar-refractivity contribution in [2.45, 2.75) is 84.8 Å². The molecule has 0 aliphatic rings. The van der Waals surface area contributed by atoms with Crippen LogP contribution in [-0.2, 0) is 35.1 Å². The van der Waals surface area contributed by atoms with Crippen LogP contribution in [0.15, 0.2) is 18.2 Å². The molecular formula is C25H37NO8. The van der Waals surface area contributed by atoms with Crippen LogP contribution in [0.4, 0.5) is 0 Å². The van der Waals surface area contributed by atoms with E-state index in [-0.39, 0.29) is 43.1 Å². The van der Waals surface area contributed by atoms with Gasteiger partial charge in [-0.1, -0.05) is 33.8 Å². The highest BCUT2D eigenvalue weighted by Crippen LogP contribution is 2.32. The lowest BCUT2D eigenvalue weighted by Gasteiger charge is -2.29. The van der Waals surface area contributed by atoms with Gasteiger partial charge < -0.3 is 24.7 Å². The van der Waals surface area contributed by atoms with Crippen molar-refractivity contribution < 1.29 is 38.1 Å². The average Bonchev–Trinajstić information content (AvgIpc) is 2.74. The van der Waals surface area contributed by atoms with E-state index in [1.807, 2.05) is 13.8 Å². The van der Waals surface area contributed by atoms with Gasteiger partial charge in [0.15, 0.2) is 11.5 Å². The average molecular weight is 480 g/mol. The first kappa shape index (κ1) is 29.1. The molecule has 190 valence electrons. The van der Waals surface area contributed by atoms with E-state index in [2.05, 4.69) is 0 Å². The first-order valence-corrected chi connectivity index (χ1v) is 11.6. The third-order valence-corrected chi connectivity index (χ3v) is 4.92. The smallest absolute Gasteiger partial charge is 0.326 e. The van der Waals surface area contributed by atoms with Crippen LogP contribution in [0.3, 0.4) is 0 Å². The van der Waals surface area contributed by atoms with Crippen LogP contribution in [0.2, 0.25) is 0 Å². The molecule has 0 aromatic heterocycles. The van der Waals surface area contributed by atoms with E-state index >= 15 is 0 Å². The Morgan fingerprint density at radius 1 is 0.941 bits per heavy atom. The minimum absolute atomic E-state index is 0.00472. The van der Waals surface area contributed by atoms with Gasteiger partial charge in [-0.2, -0.15) is 0 Å². The molecule has 2 N–H and O–H groups in total. The fourth-order valence-electron chi connectivity index (χ4n) is 3.27. The maximum atomic E-state index is 12.6. The van der Waals surface area contributed by atoms with Crippen LogP contribution in [-0.4, -0.2) is 42.6 Å². The highest BCUT2D eigenvalue weighted by Gasteiger charge is 2.38. The molecule has 9 heteroatoms. The molecule has 0 spiro atoms. The highest BCUT2D eigenvalue weighted by molar-refractivity contribution is 5.81. The third-order valence-electron chi connectivity index (χ3n) is 4.92. The fourth-order valence-corrected chi connectivity index (χ4v) is 3.27. The molecule has 1 aromatic carbocycles. The number of rotatable bonds is 13. The second kappa shape index (κ2) is 13.7. The summed E-state index contributed by atoms with van der Waals surface area (Å²) in [6.07, 6.45) is 0.969. The Labute approximate surface area is 201 Å². The normalized spacial score (nSPS) is 13.5. The molecule has 1 aromatic rings. The predicted octanol–water partition coefficient (Wildman–Crippen LogP) is 3.49. The lowest BCUT2D eigenvalue weighted by molar-refractivity contribution is -0.157. The molecule has 0 saturated carbocycles. The topological polar surface area (TPSA) is 131 Å². The van der Waals surface area contributed by atoms with Crippen molar-refractivity contribution in [3.8, 4) is 11.5 Å². The Hall–Kier alpha value is -2.94. The fraction of sp³-hybridized carbons (Fsp3) is 0.600. The van der Waals surface area contributed by atoms with Gasteiger partial charge in [-0.05, 0) is 37.5 Å². The monoisotopic (exact) mass is 479 g/mol. The summed E-state index contributed by atoms with van der Waals surface area (Å²) in [5.41, 5.74) is 5.46. The molecule has 0 saturated heterocycles. The van der Waals surface area contributed by atoms with E-state index in [9.17, 15) is 19.2 Å². The summed E-state index contributed by atoms with van der Waals surface area (Å²) in [6.45, 7) is 8.76. The molecule has 2 atom stereocenters. The number of ether oxygens (including phenoxy) is 4. The number of carbonyl (C=O) groups is 4. The van der Waals surface area contributed by atoms with Gasteiger partial charge in [0.2, 0.25) is 0 Å². The van der Waals surface area contributed by atoms with E-state index in [1.54, 1.807) is 26.8 Å². The van der Waals surface area contributed by atoms with Crippen molar-refractivity contribution in [3.05, 3.63) is 23.8 Å². The zero-order valence-electron chi connectivity index (χ0n) is 21.0. The molecule has 0 radical (unpaired) electrons. The minimum Gasteiger partial charge on any atom is -0.468 e. The summed E-state index contributed by atoms with van der Waals surface area (Å²) in [4.78, 5) is 48.6. The Balaban J connectivity index is 3.22. The van der Waals surface area contributed by atoms with Crippen LogP contribution < -0.4 is 15.2 Å². The quantitative estimate of drug-likeness (QED) is 0.333. The summed E-state index contributed by atoms with van der Waals surface area (Å²) < 4.78 is 21.1. The van der Waals surface area contributed by atoms with Crippen LogP contribution in [0.25, 0.3) is 0 Å². The lowest BCUT2D eigenvalue weighted by atomic mass is 9.86. The van der Waals surface area contributed by atoms with Crippen molar-refractivity contribution in [3.63, 3.8) is 0 Å². The van der Waals surface area contributed by atoms with Crippen molar-refractivity contribution in [2.24, 2.45) is 11.7 Å². The Morgan fingerprint density at radius 2 is 1.50 bits per heavy atom. The van der Waals surface area contributed by atoms with Crippen molar-refractivity contribution in [2.75, 3.05) is 7.11 Å². The third kappa shape index (κ3) is 9.13. The zero-order chi connectivity index (χ0) is 25.9. The Bertz CT molecular complexity index is 866. The minimum atomic E-state index is -1.52. The van der Waals surface area contributed by atoms with Crippen LogP contribution >= 0.6 is 0 Å². The zero-order valence-corrected chi connectivity index (χ0v) is 21.0. The lowest BCUT2D eigenvalue weighted by Crippen LogP contribution is -2.53. The van der Waals surface area contributed by atoms with Gasteiger partial charge in [-0.25, -0.2) is 0 Å². The van der Waals surface area contributed by atoms with E-state index in [1.165, 1.54) is 19.2 Å². The molecule has 0 heterocycles. The first-order valence-electron chi connectivity index (χ1n) is 11.6. The van der Waals surface area contributed by atoms with Crippen LogP contribution in [0.5, 0.6) is 11.5 Å². The number of benzene rings is 1. The summed E-state index contributed by atoms with van der Waals surface area (Å²) in [7, 11) is 1.23. The van der Waals surface area contributed by atoms with Gasteiger partial charge in [0, 0.05) is 25.7 Å². The maximum absolute atomic E-state index is 12.6. The second-order valence-corrected chi connectivity index (χ2v) is 8.66. The van der Waals surface area contributed by atoms with Crippen LogP contribution in [0, 0.1) is 5.92 Å². The number of carbonyl (C=O) groups excluding carboxylic acids is 4. The van der Waals surface area contributed by atoms with Gasteiger partial charge in [0.25, 0.3) is 0 Å². The van der Waals surface area contributed by atoms with Gasteiger partial charge in [-0.3, -0.25) is 19.2 Å². The largest absolute Gasteiger partial charge is 0.468 e. The summed E-state index contributed by atoms with van der Waals surface area (Å²) in [5.74, 6) is -2.17. The number of esters is 4. The Kier molecular flexibility index (Phi) is 11.7. The molecule has 1 unspecified atom stereocenters. The van der Waals surface area contributed by atoms with E-state index < -0.39 is 35.5 Å². The molecule has 9 nitrogen and oxygen atoms in total. The number of hydrogen-bond donors (Lipinski definition) is 1. The van der Waals surface area contributed by atoms with Crippen molar-refractivity contribution in [1.29, 1.82) is 0 Å². The van der Waals surface area contributed by atoms with Gasteiger partial charge in [0.1, 0.15) is 11.6 Å². The molecular weight excluding hydrogens is 442 g/mol. The summed E-state index contributed by atoms with van der Waals surface area (Å²) >= 11 is 0. The van der Waals surface area contributed by atoms with Crippen molar-refractivity contribution in [1.82, 2.24) is 0 Å². The maximum Gasteiger partial charge on any atom is 0.326 e. The van der Waals surface area contributed by atoms with Crippen LogP contribution in [0.1, 0.15) is 72.3 Å².